The number of aliphatic hydroxyl groups excluding tert-OH is 1. The van der Waals surface area contributed by atoms with E-state index in [1.807, 2.05) is 0 Å². The molecule has 1 fully saturated rings. The molecule has 0 spiro atoms. The topological polar surface area (TPSA) is 83.9 Å². The van der Waals surface area contributed by atoms with Crippen LogP contribution in [-0.4, -0.2) is 34.8 Å². The standard InChI is InChI=1S/C15H21NO5S/c1-15(2,3)21-14(18)16(22(19,20)12-9-10-12)13(17)11-7-5-4-6-8-11/h4-8,12-13,17H,9-10H2,1-3H3. The number of carbonyl (C=O) groups excluding carboxylic acids is 1. The van der Waals surface area contributed by atoms with Crippen molar-refractivity contribution in [3.8, 4) is 0 Å². The first-order valence-corrected chi connectivity index (χ1v) is 8.62. The van der Waals surface area contributed by atoms with Crippen LogP contribution in [0.4, 0.5) is 4.79 Å². The predicted molar refractivity (Wildman–Crippen MR) is 81.4 cm³/mol. The summed E-state index contributed by atoms with van der Waals surface area (Å²) in [5.74, 6) is 0. The molecule has 1 saturated carbocycles. The maximum absolute atomic E-state index is 12.5. The first kappa shape index (κ1) is 16.8. The molecule has 1 aliphatic carbocycles. The Hall–Kier alpha value is -1.60. The first-order chi connectivity index (χ1) is 10.1. The molecule has 1 unspecified atom stereocenters. The lowest BCUT2D eigenvalue weighted by Crippen LogP contribution is -2.44. The van der Waals surface area contributed by atoms with Crippen LogP contribution >= 0.6 is 0 Å². The van der Waals surface area contributed by atoms with Crippen LogP contribution in [-0.2, 0) is 14.8 Å². The highest BCUT2D eigenvalue weighted by molar-refractivity contribution is 7.90. The zero-order valence-electron chi connectivity index (χ0n) is 12.9. The molecule has 122 valence electrons. The van der Waals surface area contributed by atoms with Crippen LogP contribution in [0.3, 0.4) is 0 Å². The van der Waals surface area contributed by atoms with Gasteiger partial charge in [0.05, 0.1) is 5.25 Å². The summed E-state index contributed by atoms with van der Waals surface area (Å²) in [6.45, 7) is 4.92. The van der Waals surface area contributed by atoms with E-state index in [2.05, 4.69) is 0 Å². The van der Waals surface area contributed by atoms with E-state index in [-0.39, 0.29) is 0 Å². The van der Waals surface area contributed by atoms with Crippen molar-refractivity contribution in [2.45, 2.75) is 50.7 Å². The number of amides is 1. The summed E-state index contributed by atoms with van der Waals surface area (Å²) < 4.78 is 30.6. The van der Waals surface area contributed by atoms with Crippen LogP contribution in [0.25, 0.3) is 0 Å². The average molecular weight is 327 g/mol. The van der Waals surface area contributed by atoms with E-state index in [4.69, 9.17) is 4.74 Å². The number of sulfonamides is 1. The van der Waals surface area contributed by atoms with Gasteiger partial charge < -0.3 is 9.84 Å². The fraction of sp³-hybridized carbons (Fsp3) is 0.533. The minimum atomic E-state index is -3.94. The first-order valence-electron chi connectivity index (χ1n) is 7.12. The number of aliphatic hydroxyl groups is 1. The van der Waals surface area contributed by atoms with Crippen LogP contribution < -0.4 is 0 Å². The summed E-state index contributed by atoms with van der Waals surface area (Å²) in [5, 5.41) is 9.78. The van der Waals surface area contributed by atoms with Crippen molar-refractivity contribution in [1.82, 2.24) is 4.31 Å². The molecule has 0 aromatic heterocycles. The highest BCUT2D eigenvalue weighted by Gasteiger charge is 2.46. The molecular formula is C15H21NO5S. The molecule has 6 nitrogen and oxygen atoms in total. The van der Waals surface area contributed by atoms with E-state index in [9.17, 15) is 18.3 Å². The van der Waals surface area contributed by atoms with Crippen LogP contribution in [0.15, 0.2) is 30.3 Å². The Kier molecular flexibility index (Phi) is 4.49. The van der Waals surface area contributed by atoms with E-state index in [0.29, 0.717) is 22.7 Å². The maximum atomic E-state index is 12.5. The third kappa shape index (κ3) is 3.78. The molecule has 2 rings (SSSR count). The largest absolute Gasteiger partial charge is 0.443 e. The zero-order chi connectivity index (χ0) is 16.5. The molecule has 22 heavy (non-hydrogen) atoms. The molecule has 1 aliphatic rings. The van der Waals surface area contributed by atoms with Crippen molar-refractivity contribution in [1.29, 1.82) is 0 Å². The Morgan fingerprint density at radius 3 is 2.27 bits per heavy atom. The summed E-state index contributed by atoms with van der Waals surface area (Å²) in [4.78, 5) is 12.3. The van der Waals surface area contributed by atoms with Gasteiger partial charge in [0.2, 0.25) is 10.0 Å². The summed E-state index contributed by atoms with van der Waals surface area (Å²) >= 11 is 0. The van der Waals surface area contributed by atoms with Gasteiger partial charge in [-0.15, -0.1) is 0 Å². The second-order valence-corrected chi connectivity index (χ2v) is 8.39. The lowest BCUT2D eigenvalue weighted by atomic mass is 10.2. The maximum Gasteiger partial charge on any atom is 0.426 e. The van der Waals surface area contributed by atoms with Crippen molar-refractivity contribution in [3.63, 3.8) is 0 Å². The number of benzene rings is 1. The Balaban J connectivity index is 2.35. The highest BCUT2D eigenvalue weighted by atomic mass is 32.2. The van der Waals surface area contributed by atoms with Crippen LogP contribution in [0.1, 0.15) is 45.4 Å². The summed E-state index contributed by atoms with van der Waals surface area (Å²) in [5.41, 5.74) is -0.539. The van der Waals surface area contributed by atoms with Gasteiger partial charge in [-0.1, -0.05) is 30.3 Å². The monoisotopic (exact) mass is 327 g/mol. The van der Waals surface area contributed by atoms with Gasteiger partial charge in [-0.3, -0.25) is 0 Å². The summed E-state index contributed by atoms with van der Waals surface area (Å²) in [6, 6.07) is 8.18. The molecule has 0 radical (unpaired) electrons. The molecule has 7 heteroatoms. The zero-order valence-corrected chi connectivity index (χ0v) is 13.7. The lowest BCUT2D eigenvalue weighted by molar-refractivity contribution is 0.00162. The molecule has 1 aromatic carbocycles. The van der Waals surface area contributed by atoms with Crippen molar-refractivity contribution in [2.24, 2.45) is 0 Å². The van der Waals surface area contributed by atoms with Crippen LogP contribution in [0.5, 0.6) is 0 Å². The van der Waals surface area contributed by atoms with Gasteiger partial charge in [0.1, 0.15) is 5.60 Å². The molecular weight excluding hydrogens is 306 g/mol. The van der Waals surface area contributed by atoms with Gasteiger partial charge >= 0.3 is 6.09 Å². The normalized spacial score (nSPS) is 16.9. The number of nitrogens with zero attached hydrogens (tertiary/aromatic N) is 1. The van der Waals surface area contributed by atoms with Gasteiger partial charge in [0, 0.05) is 5.56 Å². The second-order valence-electron chi connectivity index (χ2n) is 6.30. The van der Waals surface area contributed by atoms with E-state index >= 15 is 0 Å². The van der Waals surface area contributed by atoms with Gasteiger partial charge in [-0.25, -0.2) is 13.2 Å². The van der Waals surface area contributed by atoms with E-state index < -0.39 is 33.2 Å². The van der Waals surface area contributed by atoms with Crippen molar-refractivity contribution < 1.29 is 23.1 Å². The Bertz CT molecular complexity index is 632. The summed E-state index contributed by atoms with van der Waals surface area (Å²) in [6.07, 6.45) is -1.68. The molecule has 1 atom stereocenters. The Labute approximate surface area is 130 Å². The van der Waals surface area contributed by atoms with Gasteiger partial charge in [0.25, 0.3) is 0 Å². The highest BCUT2D eigenvalue weighted by Crippen LogP contribution is 2.35. The Morgan fingerprint density at radius 2 is 1.82 bits per heavy atom. The van der Waals surface area contributed by atoms with Crippen molar-refractivity contribution in [3.05, 3.63) is 35.9 Å². The fourth-order valence-corrected chi connectivity index (χ4v) is 3.63. The van der Waals surface area contributed by atoms with E-state index in [1.165, 1.54) is 0 Å². The van der Waals surface area contributed by atoms with Gasteiger partial charge in [0.15, 0.2) is 6.23 Å². The summed E-state index contributed by atoms with van der Waals surface area (Å²) in [7, 11) is -3.94. The molecule has 1 aromatic rings. The SMILES string of the molecule is CC(C)(C)OC(=O)N(C(O)c1ccccc1)S(=O)(=O)C1CC1. The fourth-order valence-electron chi connectivity index (χ4n) is 1.94. The number of carbonyl (C=O) groups is 1. The molecule has 0 heterocycles. The van der Waals surface area contributed by atoms with Gasteiger partial charge in [-0.2, -0.15) is 4.31 Å². The Morgan fingerprint density at radius 1 is 1.27 bits per heavy atom. The molecule has 1 amide bonds. The minimum absolute atomic E-state index is 0.317. The number of ether oxygens (including phenoxy) is 1. The van der Waals surface area contributed by atoms with Crippen molar-refractivity contribution >= 4 is 16.1 Å². The second kappa shape index (κ2) is 5.89. The smallest absolute Gasteiger partial charge is 0.426 e. The molecule has 0 bridgehead atoms. The third-order valence-electron chi connectivity index (χ3n) is 3.11. The predicted octanol–water partition coefficient (Wildman–Crippen LogP) is 2.41. The van der Waals surface area contributed by atoms with E-state index in [1.54, 1.807) is 51.1 Å². The number of hydrogen-bond donors (Lipinski definition) is 1. The molecule has 1 N–H and O–H groups in total. The van der Waals surface area contributed by atoms with E-state index in [0.717, 1.165) is 0 Å². The van der Waals surface area contributed by atoms with Crippen LogP contribution in [0.2, 0.25) is 0 Å². The van der Waals surface area contributed by atoms with Crippen LogP contribution in [0, 0.1) is 0 Å². The number of hydrogen-bond acceptors (Lipinski definition) is 5. The number of rotatable bonds is 4. The minimum Gasteiger partial charge on any atom is -0.443 e. The molecule has 0 aliphatic heterocycles. The molecule has 0 saturated heterocycles. The van der Waals surface area contributed by atoms with Crippen molar-refractivity contribution in [2.75, 3.05) is 0 Å². The lowest BCUT2D eigenvalue weighted by Gasteiger charge is -2.30. The van der Waals surface area contributed by atoms with Gasteiger partial charge in [-0.05, 0) is 33.6 Å². The third-order valence-corrected chi connectivity index (χ3v) is 5.32. The average Bonchev–Trinajstić information content (AvgIpc) is 3.21. The quantitative estimate of drug-likeness (QED) is 0.859.